The summed E-state index contributed by atoms with van der Waals surface area (Å²) in [5.74, 6) is -1.96. The van der Waals surface area contributed by atoms with E-state index >= 15 is 0 Å². The van der Waals surface area contributed by atoms with Crippen molar-refractivity contribution in [2.75, 3.05) is 47.5 Å². The number of carbonyl (C=O) groups excluding carboxylic acids is 2. The SMILES string of the molecule is CCCCCCCCCC/C=C\CCCCCCCCCCCCCCCCCCCC(=O)OC(COC(=O)CCCCCCCCCCCCCCCCCCCCCCCCCCCCCCCCCCCCCCCCCC)COC(OCC[N+](C)(C)C)C(=O)O. The number of allylic oxidation sites excluding steroid dienone is 2. The van der Waals surface area contributed by atoms with E-state index in [-0.39, 0.29) is 38.2 Å². The molecule has 0 aliphatic carbocycles. The molecule has 1 N–H and O–H groups in total. The Morgan fingerprint density at radius 2 is 0.543 bits per heavy atom. The van der Waals surface area contributed by atoms with Crippen LogP contribution < -0.4 is 0 Å². The van der Waals surface area contributed by atoms with Gasteiger partial charge in [-0.15, -0.1) is 0 Å². The first-order valence-corrected chi connectivity index (χ1v) is 42.4. The van der Waals surface area contributed by atoms with Gasteiger partial charge in [-0.25, -0.2) is 4.79 Å². The van der Waals surface area contributed by atoms with Crippen molar-refractivity contribution in [1.29, 1.82) is 0 Å². The first kappa shape index (κ1) is 92.0. The van der Waals surface area contributed by atoms with Crippen molar-refractivity contribution in [3.63, 3.8) is 0 Å². The highest BCUT2D eigenvalue weighted by molar-refractivity contribution is 5.71. The molecule has 2 atom stereocenters. The Kier molecular flexibility index (Phi) is 75.2. The van der Waals surface area contributed by atoms with Gasteiger partial charge in [0.05, 0.1) is 34.4 Å². The van der Waals surface area contributed by atoms with Gasteiger partial charge in [0.25, 0.3) is 6.29 Å². The normalized spacial score (nSPS) is 12.6. The minimum absolute atomic E-state index is 0.173. The van der Waals surface area contributed by atoms with Crippen LogP contribution >= 0.6 is 0 Å². The number of carbonyl (C=O) groups is 3. The molecule has 0 saturated heterocycles. The second kappa shape index (κ2) is 76.8. The Balaban J connectivity index is 3.90. The Labute approximate surface area is 586 Å². The molecule has 0 aliphatic rings. The first-order chi connectivity index (χ1) is 46.1. The Morgan fingerprint density at radius 3 is 0.787 bits per heavy atom. The largest absolute Gasteiger partial charge is 0.477 e. The van der Waals surface area contributed by atoms with Gasteiger partial charge < -0.3 is 28.5 Å². The molecule has 0 amide bonds. The topological polar surface area (TPSA) is 108 Å². The highest BCUT2D eigenvalue weighted by atomic mass is 16.7. The summed E-state index contributed by atoms with van der Waals surface area (Å²) in [6.07, 6.45) is 94.0. The average molecular weight is 1330 g/mol. The molecular weight excluding hydrogens is 1160 g/mol. The quantitative estimate of drug-likeness (QED) is 0.0211. The minimum atomic E-state index is -1.51. The number of hydrogen-bond donors (Lipinski definition) is 1. The molecule has 0 aromatic carbocycles. The number of unbranched alkanes of at least 4 members (excludes halogenated alkanes) is 64. The lowest BCUT2D eigenvalue weighted by Gasteiger charge is -2.25. The molecule has 0 aromatic rings. The van der Waals surface area contributed by atoms with Gasteiger partial charge in [-0.2, -0.15) is 0 Å². The third-order valence-electron chi connectivity index (χ3n) is 19.8. The zero-order valence-electron chi connectivity index (χ0n) is 64.2. The van der Waals surface area contributed by atoms with Crippen molar-refractivity contribution in [3.8, 4) is 0 Å². The highest BCUT2D eigenvalue weighted by Gasteiger charge is 2.25. The molecule has 0 aliphatic heterocycles. The van der Waals surface area contributed by atoms with E-state index in [9.17, 15) is 19.5 Å². The standard InChI is InChI=1S/C85H165NO8/c1-6-8-10-12-14-16-18-20-22-24-26-28-30-32-34-36-37-38-39-40-41-42-43-44-45-46-48-49-51-53-55-57-59-61-63-65-67-69-71-73-75-82(87)92-79-81(80-93-85(84(89)90)91-78-77-86(3,4)5)94-83(88)76-74-72-70-68-66-64-62-60-58-56-54-52-50-47-35-33-31-29-27-25-23-21-19-17-15-13-11-9-7-2/h25,27,81,85H,6-24,26,28-80H2,1-5H3/p+1/b27-25-. The van der Waals surface area contributed by atoms with Crippen LogP contribution in [0.25, 0.3) is 0 Å². The van der Waals surface area contributed by atoms with Crippen LogP contribution in [0.5, 0.6) is 0 Å². The summed E-state index contributed by atoms with van der Waals surface area (Å²) in [7, 11) is 6.00. The first-order valence-electron chi connectivity index (χ1n) is 42.4. The lowest BCUT2D eigenvalue weighted by molar-refractivity contribution is -0.870. The van der Waals surface area contributed by atoms with Crippen molar-refractivity contribution < 1.29 is 42.9 Å². The van der Waals surface area contributed by atoms with E-state index in [4.69, 9.17) is 18.9 Å². The second-order valence-corrected chi connectivity index (χ2v) is 30.5. The zero-order chi connectivity index (χ0) is 68.2. The molecule has 2 unspecified atom stereocenters. The fourth-order valence-electron chi connectivity index (χ4n) is 13.3. The van der Waals surface area contributed by atoms with Gasteiger partial charge in [-0.1, -0.05) is 418 Å². The molecule has 0 radical (unpaired) electrons. The van der Waals surface area contributed by atoms with Gasteiger partial charge in [0.1, 0.15) is 13.2 Å². The fourth-order valence-corrected chi connectivity index (χ4v) is 13.3. The number of esters is 2. The van der Waals surface area contributed by atoms with E-state index in [1.807, 2.05) is 21.1 Å². The second-order valence-electron chi connectivity index (χ2n) is 30.5. The summed E-state index contributed by atoms with van der Waals surface area (Å²) in [5, 5.41) is 9.78. The van der Waals surface area contributed by atoms with E-state index < -0.39 is 18.4 Å². The predicted molar refractivity (Wildman–Crippen MR) is 406 cm³/mol. The maximum atomic E-state index is 13.0. The van der Waals surface area contributed by atoms with Crippen molar-refractivity contribution in [2.45, 2.75) is 469 Å². The molecule has 0 bridgehead atoms. The van der Waals surface area contributed by atoms with Crippen LogP contribution in [0.4, 0.5) is 0 Å². The van der Waals surface area contributed by atoms with Gasteiger partial charge in [0.2, 0.25) is 0 Å². The summed E-state index contributed by atoms with van der Waals surface area (Å²) in [4.78, 5) is 37.8. The number of aliphatic carboxylic acids is 1. The lowest BCUT2D eigenvalue weighted by atomic mass is 10.0. The predicted octanol–water partition coefficient (Wildman–Crippen LogP) is 27.1. The fraction of sp³-hybridized carbons (Fsp3) is 0.941. The summed E-state index contributed by atoms with van der Waals surface area (Å²) in [6, 6.07) is 0. The Hall–Kier alpha value is -1.97. The monoisotopic (exact) mass is 1330 g/mol. The molecule has 0 rings (SSSR count). The Morgan fingerprint density at radius 1 is 0.309 bits per heavy atom. The summed E-state index contributed by atoms with van der Waals surface area (Å²) in [6.45, 7) is 4.98. The van der Waals surface area contributed by atoms with Crippen LogP contribution in [0.3, 0.4) is 0 Å². The maximum Gasteiger partial charge on any atom is 0.361 e. The van der Waals surface area contributed by atoms with E-state index in [0.717, 1.165) is 38.5 Å². The number of likely N-dealkylation sites (N-methyl/N-ethyl adjacent to an activating group) is 1. The molecular formula is C85H166NO8+. The lowest BCUT2D eigenvalue weighted by Crippen LogP contribution is -2.40. The Bertz CT molecular complexity index is 1550. The van der Waals surface area contributed by atoms with E-state index in [2.05, 4.69) is 26.0 Å². The third-order valence-corrected chi connectivity index (χ3v) is 19.8. The maximum absolute atomic E-state index is 13.0. The van der Waals surface area contributed by atoms with Crippen LogP contribution in [0, 0.1) is 0 Å². The summed E-state index contributed by atoms with van der Waals surface area (Å²) >= 11 is 0. The smallest absolute Gasteiger partial charge is 0.361 e. The molecule has 558 valence electrons. The average Bonchev–Trinajstić information content (AvgIpc) is 3.72. The van der Waals surface area contributed by atoms with Crippen LogP contribution in [0.1, 0.15) is 457 Å². The van der Waals surface area contributed by atoms with E-state index in [1.54, 1.807) is 0 Å². The molecule has 9 nitrogen and oxygen atoms in total. The molecule has 0 heterocycles. The zero-order valence-corrected chi connectivity index (χ0v) is 64.2. The van der Waals surface area contributed by atoms with Gasteiger partial charge in [0, 0.05) is 12.8 Å². The third kappa shape index (κ3) is 77.4. The summed E-state index contributed by atoms with van der Waals surface area (Å²) < 4.78 is 23.1. The number of carboxylic acids is 1. The number of ether oxygens (including phenoxy) is 4. The van der Waals surface area contributed by atoms with Gasteiger partial charge in [-0.05, 0) is 38.5 Å². The minimum Gasteiger partial charge on any atom is -0.477 e. The van der Waals surface area contributed by atoms with E-state index in [0.29, 0.717) is 17.4 Å². The van der Waals surface area contributed by atoms with Crippen molar-refractivity contribution >= 4 is 17.9 Å². The molecule has 0 saturated carbocycles. The number of hydrogen-bond acceptors (Lipinski definition) is 7. The van der Waals surface area contributed by atoms with Gasteiger partial charge in [0.15, 0.2) is 6.10 Å². The number of rotatable bonds is 81. The highest BCUT2D eigenvalue weighted by Crippen LogP contribution is 2.21. The molecule has 0 aromatic heterocycles. The molecule has 0 fully saturated rings. The van der Waals surface area contributed by atoms with Crippen LogP contribution in [-0.2, 0) is 33.3 Å². The van der Waals surface area contributed by atoms with Crippen LogP contribution in [-0.4, -0.2) is 87.4 Å². The number of quaternary nitrogens is 1. The summed E-state index contributed by atoms with van der Waals surface area (Å²) in [5.41, 5.74) is 0. The molecule has 0 spiro atoms. The van der Waals surface area contributed by atoms with E-state index in [1.165, 1.54) is 392 Å². The van der Waals surface area contributed by atoms with Gasteiger partial charge >= 0.3 is 17.9 Å². The molecule has 9 heteroatoms. The van der Waals surface area contributed by atoms with Crippen LogP contribution in [0.2, 0.25) is 0 Å². The number of carboxylic acid groups (broad SMARTS) is 1. The van der Waals surface area contributed by atoms with Crippen molar-refractivity contribution in [1.82, 2.24) is 0 Å². The van der Waals surface area contributed by atoms with Crippen LogP contribution in [0.15, 0.2) is 12.2 Å². The van der Waals surface area contributed by atoms with Crippen molar-refractivity contribution in [2.24, 2.45) is 0 Å². The molecule has 94 heavy (non-hydrogen) atoms. The van der Waals surface area contributed by atoms with Gasteiger partial charge in [-0.3, -0.25) is 9.59 Å². The van der Waals surface area contributed by atoms with Crippen molar-refractivity contribution in [3.05, 3.63) is 12.2 Å². The number of nitrogens with zero attached hydrogens (tertiary/aromatic N) is 1.